The van der Waals surface area contributed by atoms with Crippen molar-refractivity contribution in [3.63, 3.8) is 0 Å². The minimum absolute atomic E-state index is 0.148. The van der Waals surface area contributed by atoms with Crippen molar-refractivity contribution in [2.45, 2.75) is 38.6 Å². The number of piperidine rings is 1. The molecule has 0 aromatic rings. The van der Waals surface area contributed by atoms with Gasteiger partial charge in [0.15, 0.2) is 0 Å². The number of carbonyl (C=O) groups excluding carboxylic acids is 2. The van der Waals surface area contributed by atoms with Crippen LogP contribution in [-0.4, -0.2) is 53.8 Å². The van der Waals surface area contributed by atoms with Crippen molar-refractivity contribution in [2.75, 3.05) is 26.2 Å². The lowest BCUT2D eigenvalue weighted by atomic mass is 9.97. The van der Waals surface area contributed by atoms with E-state index in [0.717, 1.165) is 25.9 Å². The van der Waals surface area contributed by atoms with Gasteiger partial charge in [-0.05, 0) is 32.2 Å². The van der Waals surface area contributed by atoms with Crippen molar-refractivity contribution in [3.8, 4) is 0 Å². The molecule has 1 aliphatic carbocycles. The third-order valence-electron chi connectivity index (χ3n) is 3.98. The lowest BCUT2D eigenvalue weighted by Crippen LogP contribution is -2.48. The summed E-state index contributed by atoms with van der Waals surface area (Å²) in [5, 5.41) is 0. The first-order valence-corrected chi connectivity index (χ1v) is 6.93. The Bertz CT molecular complexity index is 328. The van der Waals surface area contributed by atoms with E-state index >= 15 is 0 Å². The molecule has 18 heavy (non-hydrogen) atoms. The third kappa shape index (κ3) is 3.22. The molecule has 2 rings (SSSR count). The van der Waals surface area contributed by atoms with Crippen LogP contribution in [0.15, 0.2) is 0 Å². The van der Waals surface area contributed by atoms with Gasteiger partial charge < -0.3 is 10.6 Å². The summed E-state index contributed by atoms with van der Waals surface area (Å²) in [7, 11) is 0. The van der Waals surface area contributed by atoms with Crippen molar-refractivity contribution in [1.29, 1.82) is 0 Å². The monoisotopic (exact) mass is 253 g/mol. The quantitative estimate of drug-likeness (QED) is 0.761. The van der Waals surface area contributed by atoms with Crippen LogP contribution in [0.25, 0.3) is 0 Å². The average molecular weight is 253 g/mol. The number of carbonyl (C=O) groups is 2. The molecule has 0 aromatic carbocycles. The van der Waals surface area contributed by atoms with E-state index in [1.165, 1.54) is 12.8 Å². The Labute approximate surface area is 108 Å². The molecule has 2 amide bonds. The Morgan fingerprint density at radius 2 is 2.06 bits per heavy atom. The van der Waals surface area contributed by atoms with Gasteiger partial charge in [0.2, 0.25) is 11.8 Å². The summed E-state index contributed by atoms with van der Waals surface area (Å²) in [6, 6.07) is 0.607. The van der Waals surface area contributed by atoms with Crippen LogP contribution >= 0.6 is 0 Å². The topological polar surface area (TPSA) is 66.6 Å². The Morgan fingerprint density at radius 3 is 2.61 bits per heavy atom. The van der Waals surface area contributed by atoms with Gasteiger partial charge in [-0.25, -0.2) is 0 Å². The lowest BCUT2D eigenvalue weighted by molar-refractivity contribution is -0.136. The number of amides is 2. The standard InChI is InChI=1S/C13H23N3O2/c1-2-15(11-5-6-11)9-12(17)16-7-3-4-10(8-16)13(14)18/h10-11H,2-9H2,1H3,(H2,14,18). The van der Waals surface area contributed by atoms with Crippen LogP contribution in [-0.2, 0) is 9.59 Å². The number of nitrogens with zero attached hydrogens (tertiary/aromatic N) is 2. The Hall–Kier alpha value is -1.10. The molecule has 1 heterocycles. The summed E-state index contributed by atoms with van der Waals surface area (Å²) in [6.45, 7) is 4.78. The number of hydrogen-bond acceptors (Lipinski definition) is 3. The normalized spacial score (nSPS) is 24.3. The summed E-state index contributed by atoms with van der Waals surface area (Å²) in [5.74, 6) is -0.282. The van der Waals surface area contributed by atoms with Crippen molar-refractivity contribution in [3.05, 3.63) is 0 Å². The molecule has 2 N–H and O–H groups in total. The van der Waals surface area contributed by atoms with E-state index < -0.39 is 0 Å². The molecule has 5 heteroatoms. The maximum Gasteiger partial charge on any atom is 0.236 e. The molecule has 0 radical (unpaired) electrons. The van der Waals surface area contributed by atoms with Crippen LogP contribution in [0.2, 0.25) is 0 Å². The van der Waals surface area contributed by atoms with E-state index in [2.05, 4.69) is 11.8 Å². The summed E-state index contributed by atoms with van der Waals surface area (Å²) < 4.78 is 0. The first-order valence-electron chi connectivity index (χ1n) is 6.93. The zero-order valence-electron chi connectivity index (χ0n) is 11.1. The minimum Gasteiger partial charge on any atom is -0.369 e. The average Bonchev–Trinajstić information content (AvgIpc) is 3.20. The number of likely N-dealkylation sites (tertiary alicyclic amines) is 1. The highest BCUT2D eigenvalue weighted by Gasteiger charge is 2.32. The van der Waals surface area contributed by atoms with Gasteiger partial charge in [0.25, 0.3) is 0 Å². The van der Waals surface area contributed by atoms with Gasteiger partial charge in [-0.2, -0.15) is 0 Å². The molecule has 0 bridgehead atoms. The fourth-order valence-electron chi connectivity index (χ4n) is 2.65. The summed E-state index contributed by atoms with van der Waals surface area (Å²) >= 11 is 0. The number of likely N-dealkylation sites (N-methyl/N-ethyl adjacent to an activating group) is 1. The molecule has 102 valence electrons. The predicted molar refractivity (Wildman–Crippen MR) is 68.8 cm³/mol. The van der Waals surface area contributed by atoms with Crippen LogP contribution < -0.4 is 5.73 Å². The summed E-state index contributed by atoms with van der Waals surface area (Å²) in [4.78, 5) is 27.4. The Balaban J connectivity index is 1.85. The smallest absolute Gasteiger partial charge is 0.236 e. The van der Waals surface area contributed by atoms with Crippen LogP contribution in [0.4, 0.5) is 0 Å². The predicted octanol–water partition coefficient (Wildman–Crippen LogP) is 0.195. The van der Waals surface area contributed by atoms with Gasteiger partial charge in [0.1, 0.15) is 0 Å². The largest absolute Gasteiger partial charge is 0.369 e. The fourth-order valence-corrected chi connectivity index (χ4v) is 2.65. The zero-order valence-corrected chi connectivity index (χ0v) is 11.1. The Morgan fingerprint density at radius 1 is 1.33 bits per heavy atom. The van der Waals surface area contributed by atoms with Crippen LogP contribution in [0.1, 0.15) is 32.6 Å². The second kappa shape index (κ2) is 5.69. The van der Waals surface area contributed by atoms with Gasteiger partial charge in [-0.3, -0.25) is 14.5 Å². The molecule has 1 atom stereocenters. The SMILES string of the molecule is CCN(CC(=O)N1CCCC(C(N)=O)C1)C1CC1. The van der Waals surface area contributed by atoms with Gasteiger partial charge in [0, 0.05) is 19.1 Å². The van der Waals surface area contributed by atoms with Gasteiger partial charge in [-0.1, -0.05) is 6.92 Å². The van der Waals surface area contributed by atoms with Gasteiger partial charge in [0.05, 0.1) is 12.5 Å². The second-order valence-corrected chi connectivity index (χ2v) is 5.38. The van der Waals surface area contributed by atoms with E-state index in [1.54, 1.807) is 0 Å². The van der Waals surface area contributed by atoms with E-state index in [0.29, 0.717) is 19.1 Å². The van der Waals surface area contributed by atoms with Crippen molar-refractivity contribution in [2.24, 2.45) is 11.7 Å². The molecule has 2 fully saturated rings. The number of primary amides is 1. The molecule has 1 saturated heterocycles. The highest BCUT2D eigenvalue weighted by atomic mass is 16.2. The highest BCUT2D eigenvalue weighted by Crippen LogP contribution is 2.26. The van der Waals surface area contributed by atoms with Crippen molar-refractivity contribution >= 4 is 11.8 Å². The van der Waals surface area contributed by atoms with Crippen LogP contribution in [0, 0.1) is 5.92 Å². The molecule has 0 spiro atoms. The third-order valence-corrected chi connectivity index (χ3v) is 3.98. The fraction of sp³-hybridized carbons (Fsp3) is 0.846. The van der Waals surface area contributed by atoms with Crippen LogP contribution in [0.5, 0.6) is 0 Å². The second-order valence-electron chi connectivity index (χ2n) is 5.38. The molecule has 1 unspecified atom stereocenters. The summed E-state index contributed by atoms with van der Waals surface area (Å²) in [5.41, 5.74) is 5.33. The molecule has 1 aliphatic heterocycles. The maximum atomic E-state index is 12.2. The minimum atomic E-state index is -0.276. The van der Waals surface area contributed by atoms with E-state index in [9.17, 15) is 9.59 Å². The molecule has 1 saturated carbocycles. The van der Waals surface area contributed by atoms with E-state index in [-0.39, 0.29) is 17.7 Å². The van der Waals surface area contributed by atoms with Crippen molar-refractivity contribution in [1.82, 2.24) is 9.80 Å². The molecule has 5 nitrogen and oxygen atoms in total. The van der Waals surface area contributed by atoms with Gasteiger partial charge in [-0.15, -0.1) is 0 Å². The molecule has 2 aliphatic rings. The molecular weight excluding hydrogens is 230 g/mol. The van der Waals surface area contributed by atoms with Crippen molar-refractivity contribution < 1.29 is 9.59 Å². The van der Waals surface area contributed by atoms with E-state index in [1.807, 2.05) is 4.90 Å². The lowest BCUT2D eigenvalue weighted by Gasteiger charge is -2.33. The number of nitrogens with two attached hydrogens (primary N) is 1. The van der Waals surface area contributed by atoms with Gasteiger partial charge >= 0.3 is 0 Å². The maximum absolute atomic E-state index is 12.2. The molecular formula is C13H23N3O2. The molecule has 0 aromatic heterocycles. The highest BCUT2D eigenvalue weighted by molar-refractivity contribution is 5.81. The zero-order chi connectivity index (χ0) is 13.1. The first-order chi connectivity index (χ1) is 8.61. The van der Waals surface area contributed by atoms with E-state index in [4.69, 9.17) is 5.73 Å². The van der Waals surface area contributed by atoms with Crippen LogP contribution in [0.3, 0.4) is 0 Å². The summed E-state index contributed by atoms with van der Waals surface area (Å²) in [6.07, 6.45) is 4.13. The number of rotatable bonds is 5. The number of hydrogen-bond donors (Lipinski definition) is 1. The Kier molecular flexibility index (Phi) is 4.22. The first kappa shape index (κ1) is 13.3.